The molecule has 0 aliphatic carbocycles. The number of hydrogen-bond acceptors (Lipinski definition) is 12. The number of phenols is 1. The molecule has 0 radical (unpaired) electrons. The van der Waals surface area contributed by atoms with Gasteiger partial charge in [-0.2, -0.15) is 0 Å². The van der Waals surface area contributed by atoms with Gasteiger partial charge >= 0.3 is 0 Å². The van der Waals surface area contributed by atoms with Crippen LogP contribution in [0.15, 0.2) is 158 Å². The second kappa shape index (κ2) is 30.9. The number of fused-ring (bicyclic) bond motifs is 1. The number of aromatic hydroxyl groups is 1. The minimum Gasteiger partial charge on any atom is -0.508 e. The molecule has 0 saturated carbocycles. The zero-order valence-corrected chi connectivity index (χ0v) is 49.4. The standard InChI is InChI=1S/C66H76N12O10/c1-41(2)59(65(87)73-52(60(67)82)31-46-25-27-50(81)28-26-46)76-61(83)53(32-44-18-9-5-10-19-44)69-37-49(30-43-16-7-4-8-17-43)72-62(84)55(35-48-36-68-39-70-48)74-63(85)54(33-45-20-11-6-12-21-45)75-64(86)58-24-15-29-78(58)66(88)56(71-42(3)80)34-47-38-77(40-79)57-23-14-13-22-51(47)57/h4-14,16-23,25-28,36,38-41,49,52-56,58-59,69,81H,15,24,29-35,37H2,1-3H3,(H2,67,82)(H,68,70)(H,71,80)(H,72,84)(H,73,87)(H,74,85)(H,75,86)(H,76,83)/t49-,52-,53-,54-,55-,56-,58-,59-/m0/s1. The number of para-hydroxylation sites is 1. The van der Waals surface area contributed by atoms with Gasteiger partial charge in [-0.1, -0.05) is 135 Å². The number of aromatic nitrogens is 3. The highest BCUT2D eigenvalue weighted by Crippen LogP contribution is 2.25. The summed E-state index contributed by atoms with van der Waals surface area (Å²) in [5, 5.41) is 31.3. The molecule has 0 unspecified atom stereocenters. The van der Waals surface area contributed by atoms with Crippen LogP contribution >= 0.6 is 0 Å². The lowest BCUT2D eigenvalue weighted by Gasteiger charge is -2.30. The number of amides is 8. The van der Waals surface area contributed by atoms with Crippen LogP contribution in [0, 0.1) is 5.92 Å². The first kappa shape index (κ1) is 64.0. The third-order valence-corrected chi connectivity index (χ3v) is 15.6. The van der Waals surface area contributed by atoms with Gasteiger partial charge in [-0.05, 0) is 77.6 Å². The maximum Gasteiger partial charge on any atom is 0.246 e. The molecule has 8 rings (SSSR count). The van der Waals surface area contributed by atoms with Crippen molar-refractivity contribution in [2.45, 2.75) is 120 Å². The number of hydrogen-bond donors (Lipinski definition) is 10. The van der Waals surface area contributed by atoms with Crippen LogP contribution in [0.5, 0.6) is 5.75 Å². The first-order chi connectivity index (χ1) is 42.4. The zero-order valence-electron chi connectivity index (χ0n) is 49.4. The maximum absolute atomic E-state index is 15.0. The highest BCUT2D eigenvalue weighted by Gasteiger charge is 2.40. The van der Waals surface area contributed by atoms with Gasteiger partial charge in [0.15, 0.2) is 0 Å². The molecule has 3 heterocycles. The number of aromatic amines is 1. The largest absolute Gasteiger partial charge is 0.508 e. The first-order valence-electron chi connectivity index (χ1n) is 29.5. The minimum atomic E-state index is -1.26. The van der Waals surface area contributed by atoms with E-state index in [0.717, 1.165) is 16.5 Å². The van der Waals surface area contributed by atoms with E-state index in [2.05, 4.69) is 47.2 Å². The molecule has 0 bridgehead atoms. The molecule has 1 fully saturated rings. The monoisotopic (exact) mass is 1200 g/mol. The number of likely N-dealkylation sites (tertiary alicyclic amines) is 1. The smallest absolute Gasteiger partial charge is 0.246 e. The zero-order chi connectivity index (χ0) is 62.7. The van der Waals surface area contributed by atoms with E-state index in [1.807, 2.05) is 78.9 Å². The molecule has 1 aliphatic heterocycles. The number of primary amides is 1. The quantitative estimate of drug-likeness (QED) is 0.0291. The van der Waals surface area contributed by atoms with E-state index in [4.69, 9.17) is 5.73 Å². The highest BCUT2D eigenvalue weighted by molar-refractivity contribution is 5.97. The van der Waals surface area contributed by atoms with Crippen molar-refractivity contribution in [3.63, 3.8) is 0 Å². The third kappa shape index (κ3) is 17.8. The molecular weight excluding hydrogens is 1120 g/mol. The fourth-order valence-corrected chi connectivity index (χ4v) is 11.0. The third-order valence-electron chi connectivity index (χ3n) is 15.6. The van der Waals surface area contributed by atoms with Crippen LogP contribution < -0.4 is 43.0 Å². The van der Waals surface area contributed by atoms with E-state index in [0.29, 0.717) is 40.7 Å². The lowest BCUT2D eigenvalue weighted by atomic mass is 9.99. The topological polar surface area (TPSA) is 321 Å². The SMILES string of the molecule is CC(=O)N[C@@H](Cc1cn(C=O)c2ccccc12)C(=O)N1CCC[C@H]1C(=O)N[C@@H](Cc1ccccc1)C(=O)N[C@@H](Cc1cnc[nH]1)C(=O)N[C@H](CN[C@@H](Cc1ccccc1)C(=O)N[C@H](C(=O)N[C@@H](Cc1ccc(O)cc1)C(N)=O)C(C)C)Cc1ccccc1. The van der Waals surface area contributed by atoms with Crippen molar-refractivity contribution in [2.75, 3.05) is 13.1 Å². The molecule has 8 amide bonds. The van der Waals surface area contributed by atoms with Crippen molar-refractivity contribution in [3.8, 4) is 5.75 Å². The molecule has 5 aromatic carbocycles. The summed E-state index contributed by atoms with van der Waals surface area (Å²) >= 11 is 0. The van der Waals surface area contributed by atoms with Crippen molar-refractivity contribution >= 4 is 64.6 Å². The number of nitrogens with one attached hydrogen (secondary N) is 8. The average molecular weight is 1200 g/mol. The molecule has 1 aliphatic rings. The fourth-order valence-electron chi connectivity index (χ4n) is 11.0. The summed E-state index contributed by atoms with van der Waals surface area (Å²) in [7, 11) is 0. The second-order valence-corrected chi connectivity index (χ2v) is 22.5. The Morgan fingerprint density at radius 2 is 1.18 bits per heavy atom. The molecule has 1 saturated heterocycles. The molecule has 7 aromatic rings. The van der Waals surface area contributed by atoms with Crippen LogP contribution in [0.2, 0.25) is 0 Å². The normalized spacial score (nSPS) is 15.4. The van der Waals surface area contributed by atoms with Gasteiger partial charge in [0.1, 0.15) is 42.0 Å². The second-order valence-electron chi connectivity index (χ2n) is 22.5. The number of phenolic OH excluding ortho intramolecular Hbond substituents is 1. The van der Waals surface area contributed by atoms with Crippen molar-refractivity contribution in [3.05, 3.63) is 192 Å². The predicted molar refractivity (Wildman–Crippen MR) is 330 cm³/mol. The van der Waals surface area contributed by atoms with E-state index in [9.17, 15) is 48.3 Å². The molecular formula is C66H76N12O10. The summed E-state index contributed by atoms with van der Waals surface area (Å²) in [6.45, 7) is 5.01. The molecule has 22 heteroatoms. The van der Waals surface area contributed by atoms with Crippen molar-refractivity contribution < 1.29 is 48.3 Å². The van der Waals surface area contributed by atoms with E-state index < -0.39 is 102 Å². The van der Waals surface area contributed by atoms with Crippen LogP contribution in [-0.4, -0.2) is 140 Å². The number of nitrogens with two attached hydrogens (primary N) is 1. The maximum atomic E-state index is 15.0. The van der Waals surface area contributed by atoms with E-state index in [1.165, 1.54) is 41.0 Å². The van der Waals surface area contributed by atoms with Crippen molar-refractivity contribution in [1.82, 2.24) is 56.7 Å². The minimum absolute atomic E-state index is 0.00304. The van der Waals surface area contributed by atoms with Gasteiger partial charge in [0.25, 0.3) is 0 Å². The Morgan fingerprint density at radius 3 is 1.78 bits per heavy atom. The summed E-state index contributed by atoms with van der Waals surface area (Å²) < 4.78 is 1.41. The lowest BCUT2D eigenvalue weighted by molar-refractivity contribution is -0.142. The fraction of sp³-hybridized carbons (Fsp3) is 0.333. The number of rotatable bonds is 30. The number of nitrogens with zero attached hydrogens (tertiary/aromatic N) is 3. The Hall–Kier alpha value is -9.96. The highest BCUT2D eigenvalue weighted by atomic mass is 16.3. The van der Waals surface area contributed by atoms with Crippen molar-refractivity contribution in [1.29, 1.82) is 0 Å². The van der Waals surface area contributed by atoms with Gasteiger partial charge in [-0.3, -0.25) is 47.7 Å². The van der Waals surface area contributed by atoms with E-state index in [-0.39, 0.29) is 63.8 Å². The molecule has 8 atom stereocenters. The van der Waals surface area contributed by atoms with Gasteiger partial charge < -0.3 is 57.9 Å². The molecule has 0 spiro atoms. The number of carbonyl (C=O) groups is 9. The lowest BCUT2D eigenvalue weighted by Crippen LogP contribution is -2.60. The summed E-state index contributed by atoms with van der Waals surface area (Å²) in [5.41, 5.74) is 10.5. The summed E-state index contributed by atoms with van der Waals surface area (Å²) in [6.07, 6.45) is 6.42. The summed E-state index contributed by atoms with van der Waals surface area (Å²) in [5.74, 6) is -5.26. The van der Waals surface area contributed by atoms with Crippen LogP contribution in [0.4, 0.5) is 0 Å². The Bertz CT molecular complexity index is 3510. The summed E-state index contributed by atoms with van der Waals surface area (Å²) in [4.78, 5) is 134. The molecule has 88 heavy (non-hydrogen) atoms. The number of H-pyrrole nitrogens is 1. The first-order valence-corrected chi connectivity index (χ1v) is 29.5. The Kier molecular flexibility index (Phi) is 22.5. The van der Waals surface area contributed by atoms with Crippen LogP contribution in [0.1, 0.15) is 67.1 Å². The van der Waals surface area contributed by atoms with Gasteiger partial charge in [0, 0.05) is 75.2 Å². The van der Waals surface area contributed by atoms with E-state index >= 15 is 0 Å². The molecule has 460 valence electrons. The van der Waals surface area contributed by atoms with Crippen LogP contribution in [0.25, 0.3) is 10.9 Å². The van der Waals surface area contributed by atoms with Crippen molar-refractivity contribution in [2.24, 2.45) is 11.7 Å². The predicted octanol–water partition coefficient (Wildman–Crippen LogP) is 2.88. The molecule has 11 N–H and O–H groups in total. The average Bonchev–Trinajstić information content (AvgIpc) is 2.28. The van der Waals surface area contributed by atoms with Crippen LogP contribution in [0.3, 0.4) is 0 Å². The van der Waals surface area contributed by atoms with Gasteiger partial charge in [-0.15, -0.1) is 0 Å². The van der Waals surface area contributed by atoms with Gasteiger partial charge in [0.2, 0.25) is 53.7 Å². The molecule has 22 nitrogen and oxygen atoms in total. The number of carbonyl (C=O) groups excluding carboxylic acids is 9. The number of imidazole rings is 1. The Morgan fingerprint density at radius 1 is 0.625 bits per heavy atom. The number of benzene rings is 5. The Labute approximate surface area is 510 Å². The van der Waals surface area contributed by atoms with Crippen LogP contribution in [-0.2, 0) is 81.7 Å². The van der Waals surface area contributed by atoms with Gasteiger partial charge in [-0.25, -0.2) is 4.98 Å². The Balaban J connectivity index is 1.01. The van der Waals surface area contributed by atoms with Gasteiger partial charge in [0.05, 0.1) is 17.9 Å². The summed E-state index contributed by atoms with van der Waals surface area (Å²) in [6, 6.07) is 32.4. The molecule has 2 aromatic heterocycles. The van der Waals surface area contributed by atoms with E-state index in [1.54, 1.807) is 68.6 Å².